The normalized spacial score (nSPS) is 14.5. The first kappa shape index (κ1) is 25.2. The summed E-state index contributed by atoms with van der Waals surface area (Å²) in [6.45, 7) is 7.50. The molecule has 4 rings (SSSR count). The number of carbonyl (C=O) groups is 3. The van der Waals surface area contributed by atoms with Gasteiger partial charge in [0.1, 0.15) is 5.76 Å². The highest BCUT2D eigenvalue weighted by molar-refractivity contribution is 6.21. The molecule has 10 heteroatoms. The Balaban J connectivity index is 1.70. The van der Waals surface area contributed by atoms with E-state index in [1.807, 2.05) is 20.8 Å². The maximum Gasteiger partial charge on any atom is 0.416 e. The van der Waals surface area contributed by atoms with E-state index < -0.39 is 34.9 Å². The van der Waals surface area contributed by atoms with Crippen LogP contribution in [0.4, 0.5) is 13.2 Å². The summed E-state index contributed by atoms with van der Waals surface area (Å²) in [5, 5.41) is 0. The minimum atomic E-state index is -4.61. The molecular formula is C26H24F3N3O4. The van der Waals surface area contributed by atoms with Crippen molar-refractivity contribution in [2.24, 2.45) is 4.99 Å². The number of oxazole rings is 1. The zero-order valence-corrected chi connectivity index (χ0v) is 20.1. The first-order chi connectivity index (χ1) is 16.8. The van der Waals surface area contributed by atoms with E-state index in [1.54, 1.807) is 35.8 Å². The lowest BCUT2D eigenvalue weighted by Crippen LogP contribution is -2.35. The number of halogens is 3. The van der Waals surface area contributed by atoms with Gasteiger partial charge in [-0.2, -0.15) is 18.2 Å². The Morgan fingerprint density at radius 3 is 2.11 bits per heavy atom. The second kappa shape index (κ2) is 8.92. The number of aromatic nitrogens is 1. The van der Waals surface area contributed by atoms with Crippen molar-refractivity contribution in [3.05, 3.63) is 87.9 Å². The van der Waals surface area contributed by atoms with Crippen molar-refractivity contribution >= 4 is 17.7 Å². The SMILES string of the molecule is Cc1c(C(C)(C)C)oc(=NC(=O)c2cccc(C(F)(F)F)c2)n1CCN1C(=O)c2ccccc2C1=O. The van der Waals surface area contributed by atoms with E-state index in [2.05, 4.69) is 4.99 Å². The summed E-state index contributed by atoms with van der Waals surface area (Å²) >= 11 is 0. The molecule has 2 aromatic carbocycles. The molecule has 0 N–H and O–H groups in total. The van der Waals surface area contributed by atoms with Crippen LogP contribution in [0.5, 0.6) is 0 Å². The zero-order valence-electron chi connectivity index (χ0n) is 20.1. The molecule has 188 valence electrons. The van der Waals surface area contributed by atoms with Crippen molar-refractivity contribution in [1.82, 2.24) is 9.47 Å². The number of fused-ring (bicyclic) bond motifs is 1. The smallest absolute Gasteiger partial charge is 0.416 e. The highest BCUT2D eigenvalue weighted by Gasteiger charge is 2.35. The standard InChI is InChI=1S/C26H24F3N3O4/c1-15-20(25(2,3)4)36-24(30-21(33)16-8-7-9-17(14-16)26(27,28)29)31(15)12-13-32-22(34)18-10-5-6-11-19(18)23(32)35/h5-11,14H,12-13H2,1-4H3. The minimum Gasteiger partial charge on any atom is -0.428 e. The Kier molecular flexibility index (Phi) is 6.24. The second-order valence-electron chi connectivity index (χ2n) is 9.50. The van der Waals surface area contributed by atoms with E-state index in [0.29, 0.717) is 22.6 Å². The lowest BCUT2D eigenvalue weighted by molar-refractivity contribution is -0.137. The van der Waals surface area contributed by atoms with Gasteiger partial charge in [0, 0.05) is 24.1 Å². The highest BCUT2D eigenvalue weighted by atomic mass is 19.4. The number of rotatable bonds is 4. The largest absolute Gasteiger partial charge is 0.428 e. The van der Waals surface area contributed by atoms with Crippen molar-refractivity contribution in [3.8, 4) is 0 Å². The average molecular weight is 499 g/mol. The molecule has 0 spiro atoms. The Morgan fingerprint density at radius 2 is 1.56 bits per heavy atom. The summed E-state index contributed by atoms with van der Waals surface area (Å²) in [4.78, 5) is 43.4. The molecule has 0 unspecified atom stereocenters. The van der Waals surface area contributed by atoms with E-state index in [-0.39, 0.29) is 24.3 Å². The third-order valence-electron chi connectivity index (χ3n) is 5.90. The van der Waals surface area contributed by atoms with Gasteiger partial charge in [-0.25, -0.2) is 0 Å². The number of carbonyl (C=O) groups excluding carboxylic acids is 3. The summed E-state index contributed by atoms with van der Waals surface area (Å²) in [7, 11) is 0. The molecule has 2 heterocycles. The van der Waals surface area contributed by atoms with Crippen LogP contribution in [-0.2, 0) is 18.1 Å². The van der Waals surface area contributed by atoms with E-state index in [1.165, 1.54) is 6.07 Å². The van der Waals surface area contributed by atoms with Crippen LogP contribution in [0.2, 0.25) is 0 Å². The van der Waals surface area contributed by atoms with Gasteiger partial charge in [0.15, 0.2) is 0 Å². The molecular weight excluding hydrogens is 475 g/mol. The number of benzene rings is 2. The molecule has 0 radical (unpaired) electrons. The van der Waals surface area contributed by atoms with Crippen molar-refractivity contribution in [2.45, 2.75) is 45.8 Å². The van der Waals surface area contributed by atoms with Crippen molar-refractivity contribution in [3.63, 3.8) is 0 Å². The van der Waals surface area contributed by atoms with Gasteiger partial charge in [-0.05, 0) is 37.3 Å². The number of imide groups is 1. The van der Waals surface area contributed by atoms with Crippen LogP contribution in [0.15, 0.2) is 57.9 Å². The monoisotopic (exact) mass is 499 g/mol. The topological polar surface area (TPSA) is 84.9 Å². The maximum absolute atomic E-state index is 13.1. The predicted molar refractivity (Wildman–Crippen MR) is 123 cm³/mol. The highest BCUT2D eigenvalue weighted by Crippen LogP contribution is 2.30. The zero-order chi connectivity index (χ0) is 26.4. The number of amides is 3. The van der Waals surface area contributed by atoms with Crippen LogP contribution in [0.25, 0.3) is 0 Å². The van der Waals surface area contributed by atoms with E-state index in [9.17, 15) is 27.6 Å². The quantitative estimate of drug-likeness (QED) is 0.486. The fourth-order valence-electron chi connectivity index (χ4n) is 4.15. The van der Waals surface area contributed by atoms with Gasteiger partial charge >= 0.3 is 11.9 Å². The first-order valence-corrected chi connectivity index (χ1v) is 11.2. The Hall–Kier alpha value is -3.95. The Morgan fingerprint density at radius 1 is 0.944 bits per heavy atom. The third kappa shape index (κ3) is 4.62. The van der Waals surface area contributed by atoms with Crippen LogP contribution < -0.4 is 5.68 Å². The number of alkyl halides is 3. The summed E-state index contributed by atoms with van der Waals surface area (Å²) in [6, 6.07) is 10.5. The molecule has 0 saturated heterocycles. The molecule has 0 atom stereocenters. The first-order valence-electron chi connectivity index (χ1n) is 11.2. The van der Waals surface area contributed by atoms with Crippen molar-refractivity contribution < 1.29 is 32.0 Å². The molecule has 0 aliphatic carbocycles. The summed E-state index contributed by atoms with van der Waals surface area (Å²) in [6.07, 6.45) is -4.61. The summed E-state index contributed by atoms with van der Waals surface area (Å²) in [5.74, 6) is -1.25. The lowest BCUT2D eigenvalue weighted by atomic mass is 9.92. The van der Waals surface area contributed by atoms with Gasteiger partial charge in [0.2, 0.25) is 0 Å². The van der Waals surface area contributed by atoms with E-state index in [4.69, 9.17) is 4.42 Å². The molecule has 3 aromatic rings. The van der Waals surface area contributed by atoms with Crippen LogP contribution in [0.1, 0.15) is 68.9 Å². The minimum absolute atomic E-state index is 0.0127. The molecule has 7 nitrogen and oxygen atoms in total. The summed E-state index contributed by atoms with van der Waals surface area (Å²) in [5.41, 5.74) is -0.566. The van der Waals surface area contributed by atoms with Gasteiger partial charge in [-0.15, -0.1) is 0 Å². The van der Waals surface area contributed by atoms with E-state index in [0.717, 1.165) is 23.1 Å². The Bertz CT molecular complexity index is 1410. The predicted octanol–water partition coefficient (Wildman–Crippen LogP) is 4.74. The Labute approximate surface area is 204 Å². The number of hydrogen-bond acceptors (Lipinski definition) is 4. The van der Waals surface area contributed by atoms with Gasteiger partial charge in [-0.1, -0.05) is 39.0 Å². The van der Waals surface area contributed by atoms with Gasteiger partial charge in [0.05, 0.1) is 22.4 Å². The van der Waals surface area contributed by atoms with Crippen LogP contribution in [0.3, 0.4) is 0 Å². The van der Waals surface area contributed by atoms with Gasteiger partial charge in [0.25, 0.3) is 17.7 Å². The molecule has 1 aromatic heterocycles. The number of hydrogen-bond donors (Lipinski definition) is 0. The average Bonchev–Trinajstić information content (AvgIpc) is 3.25. The molecule has 0 saturated carbocycles. The third-order valence-corrected chi connectivity index (χ3v) is 5.90. The number of nitrogens with zero attached hydrogens (tertiary/aromatic N) is 3. The van der Waals surface area contributed by atoms with Crippen molar-refractivity contribution in [1.29, 1.82) is 0 Å². The molecule has 1 aliphatic heterocycles. The van der Waals surface area contributed by atoms with Gasteiger partial charge in [-0.3, -0.25) is 23.9 Å². The van der Waals surface area contributed by atoms with E-state index >= 15 is 0 Å². The maximum atomic E-state index is 13.1. The molecule has 3 amide bonds. The van der Waals surface area contributed by atoms with Crippen LogP contribution >= 0.6 is 0 Å². The van der Waals surface area contributed by atoms with Crippen LogP contribution in [-0.4, -0.2) is 33.7 Å². The fraction of sp³-hybridized carbons (Fsp3) is 0.308. The fourth-order valence-corrected chi connectivity index (χ4v) is 4.15. The molecule has 0 fully saturated rings. The van der Waals surface area contributed by atoms with Crippen LogP contribution in [0, 0.1) is 6.92 Å². The second-order valence-corrected chi connectivity index (χ2v) is 9.50. The molecule has 0 bridgehead atoms. The lowest BCUT2D eigenvalue weighted by Gasteiger charge is -2.17. The summed E-state index contributed by atoms with van der Waals surface area (Å²) < 4.78 is 46.7. The molecule has 36 heavy (non-hydrogen) atoms. The molecule has 1 aliphatic rings. The van der Waals surface area contributed by atoms with Crippen molar-refractivity contribution in [2.75, 3.05) is 6.54 Å². The van der Waals surface area contributed by atoms with Gasteiger partial charge < -0.3 is 4.42 Å².